The van der Waals surface area contributed by atoms with Crippen molar-refractivity contribution in [2.75, 3.05) is 21.3 Å². The molecule has 0 atom stereocenters. The topological polar surface area (TPSA) is 86.2 Å². The van der Waals surface area contributed by atoms with Gasteiger partial charge in [-0.25, -0.2) is 4.83 Å². The van der Waals surface area contributed by atoms with E-state index in [4.69, 9.17) is 14.2 Å². The van der Waals surface area contributed by atoms with Crippen LogP contribution in [-0.4, -0.2) is 36.0 Å². The fourth-order valence-electron chi connectivity index (χ4n) is 2.00. The fourth-order valence-corrected chi connectivity index (χ4v) is 2.81. The average molecular weight is 350 g/mol. The third-order valence-electron chi connectivity index (χ3n) is 3.15. The lowest BCUT2D eigenvalue weighted by atomic mass is 10.2. The van der Waals surface area contributed by atoms with Gasteiger partial charge in [0, 0.05) is 11.6 Å². The van der Waals surface area contributed by atoms with Gasteiger partial charge in [-0.1, -0.05) is 18.2 Å². The van der Waals surface area contributed by atoms with Crippen LogP contribution < -0.4 is 19.0 Å². The molecule has 2 aromatic carbocycles. The van der Waals surface area contributed by atoms with Crippen molar-refractivity contribution >= 4 is 16.2 Å². The summed E-state index contributed by atoms with van der Waals surface area (Å²) in [5, 5.41) is 3.80. The zero-order valence-corrected chi connectivity index (χ0v) is 14.3. The molecule has 0 aliphatic carbocycles. The molecule has 24 heavy (non-hydrogen) atoms. The third kappa shape index (κ3) is 3.96. The molecule has 0 amide bonds. The summed E-state index contributed by atoms with van der Waals surface area (Å²) in [6, 6.07) is 11.3. The van der Waals surface area contributed by atoms with Crippen LogP contribution in [0.5, 0.6) is 17.2 Å². The molecule has 1 N–H and O–H groups in total. The SMILES string of the molecule is COc1cc(/C=N/NS(=O)(=O)c2ccccc2)c(OC)c(OC)c1. The van der Waals surface area contributed by atoms with Gasteiger partial charge in [0.15, 0.2) is 11.5 Å². The maximum absolute atomic E-state index is 12.1. The first-order valence-electron chi connectivity index (χ1n) is 6.91. The van der Waals surface area contributed by atoms with Gasteiger partial charge in [-0.05, 0) is 18.2 Å². The van der Waals surface area contributed by atoms with E-state index in [1.54, 1.807) is 30.3 Å². The second-order valence-corrected chi connectivity index (χ2v) is 6.28. The van der Waals surface area contributed by atoms with E-state index < -0.39 is 10.0 Å². The van der Waals surface area contributed by atoms with Crippen molar-refractivity contribution in [3.05, 3.63) is 48.0 Å². The lowest BCUT2D eigenvalue weighted by Crippen LogP contribution is -2.18. The molecule has 0 radical (unpaired) electrons. The summed E-state index contributed by atoms with van der Waals surface area (Å²) < 4.78 is 39.9. The largest absolute Gasteiger partial charge is 0.497 e. The van der Waals surface area contributed by atoms with Gasteiger partial charge in [0.1, 0.15) is 5.75 Å². The average Bonchev–Trinajstić information content (AvgIpc) is 2.61. The van der Waals surface area contributed by atoms with Gasteiger partial charge < -0.3 is 14.2 Å². The molecule has 7 nitrogen and oxygen atoms in total. The zero-order valence-electron chi connectivity index (χ0n) is 13.5. The van der Waals surface area contributed by atoms with Gasteiger partial charge >= 0.3 is 0 Å². The van der Waals surface area contributed by atoms with Crippen molar-refractivity contribution in [2.45, 2.75) is 4.90 Å². The van der Waals surface area contributed by atoms with Crippen LogP contribution in [0.1, 0.15) is 5.56 Å². The number of hydrogen-bond acceptors (Lipinski definition) is 6. The molecule has 0 aromatic heterocycles. The second-order valence-electron chi connectivity index (χ2n) is 4.62. The predicted octanol–water partition coefficient (Wildman–Crippen LogP) is 2.02. The van der Waals surface area contributed by atoms with E-state index in [9.17, 15) is 8.42 Å². The molecule has 0 aliphatic heterocycles. The first-order chi connectivity index (χ1) is 11.5. The summed E-state index contributed by atoms with van der Waals surface area (Å²) in [4.78, 5) is 2.28. The van der Waals surface area contributed by atoms with E-state index in [0.717, 1.165) is 0 Å². The maximum Gasteiger partial charge on any atom is 0.276 e. The Morgan fingerprint density at radius 2 is 1.71 bits per heavy atom. The lowest BCUT2D eigenvalue weighted by Gasteiger charge is -2.12. The number of ether oxygens (including phenoxy) is 3. The molecule has 2 aromatic rings. The quantitative estimate of drug-likeness (QED) is 0.610. The number of benzene rings is 2. The summed E-state index contributed by atoms with van der Waals surface area (Å²) in [7, 11) is 0.760. The standard InChI is InChI=1S/C16H18N2O5S/c1-21-13-9-12(16(23-3)15(10-13)22-2)11-17-18-24(19,20)14-7-5-4-6-8-14/h4-11,18H,1-3H3/b17-11+. The first kappa shape index (κ1) is 17.6. The molecule has 0 saturated carbocycles. The third-order valence-corrected chi connectivity index (χ3v) is 4.39. The van der Waals surface area contributed by atoms with Gasteiger partial charge in [-0.15, -0.1) is 0 Å². The molecule has 0 unspecified atom stereocenters. The van der Waals surface area contributed by atoms with Crippen LogP contribution in [0.4, 0.5) is 0 Å². The Morgan fingerprint density at radius 3 is 2.29 bits per heavy atom. The number of rotatable bonds is 7. The molecule has 8 heteroatoms. The number of methoxy groups -OCH3 is 3. The van der Waals surface area contributed by atoms with E-state index in [2.05, 4.69) is 9.93 Å². The minimum atomic E-state index is -3.73. The molecule has 0 saturated heterocycles. The molecule has 0 bridgehead atoms. The molecule has 0 heterocycles. The minimum Gasteiger partial charge on any atom is -0.497 e. The van der Waals surface area contributed by atoms with Gasteiger partial charge in [-0.2, -0.15) is 13.5 Å². The van der Waals surface area contributed by atoms with Crippen LogP contribution in [0.25, 0.3) is 0 Å². The molecule has 128 valence electrons. The highest BCUT2D eigenvalue weighted by molar-refractivity contribution is 7.89. The van der Waals surface area contributed by atoms with Crippen molar-refractivity contribution in [1.29, 1.82) is 0 Å². The lowest BCUT2D eigenvalue weighted by molar-refractivity contribution is 0.348. The van der Waals surface area contributed by atoms with Crippen LogP contribution in [0.2, 0.25) is 0 Å². The minimum absolute atomic E-state index is 0.123. The van der Waals surface area contributed by atoms with Crippen molar-refractivity contribution < 1.29 is 22.6 Å². The normalized spacial score (nSPS) is 11.3. The monoisotopic (exact) mass is 350 g/mol. The van der Waals surface area contributed by atoms with Gasteiger partial charge in [0.2, 0.25) is 0 Å². The Hall–Kier alpha value is -2.74. The number of hydrazone groups is 1. The van der Waals surface area contributed by atoms with Crippen LogP contribution in [0.15, 0.2) is 52.5 Å². The van der Waals surface area contributed by atoms with Gasteiger partial charge in [-0.3, -0.25) is 0 Å². The van der Waals surface area contributed by atoms with Crippen molar-refractivity contribution in [3.63, 3.8) is 0 Å². The van der Waals surface area contributed by atoms with E-state index in [1.807, 2.05) is 0 Å². The second kappa shape index (κ2) is 7.69. The highest BCUT2D eigenvalue weighted by atomic mass is 32.2. The summed E-state index contributed by atoms with van der Waals surface area (Å²) in [6.45, 7) is 0. The Kier molecular flexibility index (Phi) is 5.64. The number of hydrogen-bond donors (Lipinski definition) is 1. The van der Waals surface area contributed by atoms with Crippen molar-refractivity contribution in [1.82, 2.24) is 4.83 Å². The number of nitrogens with one attached hydrogen (secondary N) is 1. The molecule has 0 fully saturated rings. The highest BCUT2D eigenvalue weighted by Crippen LogP contribution is 2.34. The number of nitrogens with zero attached hydrogens (tertiary/aromatic N) is 1. The van der Waals surface area contributed by atoms with Crippen molar-refractivity contribution in [3.8, 4) is 17.2 Å². The summed E-state index contributed by atoms with van der Waals surface area (Å²) in [6.07, 6.45) is 1.32. The van der Waals surface area contributed by atoms with Crippen LogP contribution in [0, 0.1) is 0 Å². The molecular formula is C16H18N2O5S. The molecule has 2 rings (SSSR count). The Morgan fingerprint density at radius 1 is 1.00 bits per heavy atom. The molecule has 0 spiro atoms. The van der Waals surface area contributed by atoms with Crippen LogP contribution in [-0.2, 0) is 10.0 Å². The first-order valence-corrected chi connectivity index (χ1v) is 8.40. The van der Waals surface area contributed by atoms with E-state index in [-0.39, 0.29) is 4.90 Å². The number of sulfonamides is 1. The Bertz CT molecular complexity index is 820. The van der Waals surface area contributed by atoms with Crippen molar-refractivity contribution in [2.24, 2.45) is 5.10 Å². The van der Waals surface area contributed by atoms with Crippen LogP contribution >= 0.6 is 0 Å². The van der Waals surface area contributed by atoms with Crippen LogP contribution in [0.3, 0.4) is 0 Å². The maximum atomic E-state index is 12.1. The smallest absolute Gasteiger partial charge is 0.276 e. The molecular weight excluding hydrogens is 332 g/mol. The predicted molar refractivity (Wildman–Crippen MR) is 90.5 cm³/mol. The van der Waals surface area contributed by atoms with E-state index >= 15 is 0 Å². The highest BCUT2D eigenvalue weighted by Gasteiger charge is 2.13. The van der Waals surface area contributed by atoms with Gasteiger partial charge in [0.05, 0.1) is 32.4 Å². The zero-order chi connectivity index (χ0) is 17.6. The Balaban J connectivity index is 2.29. The summed E-state index contributed by atoms with van der Waals surface area (Å²) in [5.74, 6) is 1.39. The summed E-state index contributed by atoms with van der Waals surface area (Å²) in [5.41, 5.74) is 0.504. The fraction of sp³-hybridized carbons (Fsp3) is 0.188. The molecule has 0 aliphatic rings. The summed E-state index contributed by atoms with van der Waals surface area (Å²) >= 11 is 0. The van der Waals surface area contributed by atoms with Gasteiger partial charge in [0.25, 0.3) is 10.0 Å². The van der Waals surface area contributed by atoms with E-state index in [0.29, 0.717) is 22.8 Å². The van der Waals surface area contributed by atoms with E-state index in [1.165, 1.54) is 39.7 Å². The Labute approximate surface area is 140 Å².